The van der Waals surface area contributed by atoms with Gasteiger partial charge < -0.3 is 21.3 Å². The summed E-state index contributed by atoms with van der Waals surface area (Å²) in [4.78, 5) is 23.0. The number of nitrogens with two attached hydrogens (primary N) is 2. The summed E-state index contributed by atoms with van der Waals surface area (Å²) in [5, 5.41) is 9.05. The fraction of sp³-hybridized carbons (Fsp3) is 0.556. The number of benzene rings is 1. The van der Waals surface area contributed by atoms with Crippen molar-refractivity contribution in [3.05, 3.63) is 35.4 Å². The molecule has 6 heteroatoms. The maximum atomic E-state index is 11.9. The largest absolute Gasteiger partial charge is 0.478 e. The lowest BCUT2D eigenvalue weighted by molar-refractivity contribution is 0.0487. The van der Waals surface area contributed by atoms with Crippen molar-refractivity contribution in [2.24, 2.45) is 11.5 Å². The first kappa shape index (κ1) is 20.1. The maximum Gasteiger partial charge on any atom is 0.339 e. The molecule has 1 aromatic rings. The van der Waals surface area contributed by atoms with E-state index >= 15 is 0 Å². The summed E-state index contributed by atoms with van der Waals surface area (Å²) in [5.74, 6) is -1.70. The number of ether oxygens (including phenoxy) is 1. The average molecular weight is 336 g/mol. The number of hydrogen-bond donors (Lipinski definition) is 3. The molecule has 0 saturated heterocycles. The van der Waals surface area contributed by atoms with Crippen LogP contribution in [0, 0.1) is 0 Å². The predicted octanol–water partition coefficient (Wildman–Crippen LogP) is 2.91. The number of aromatic carboxylic acids is 1. The van der Waals surface area contributed by atoms with Gasteiger partial charge in [-0.3, -0.25) is 0 Å². The molecule has 0 aliphatic heterocycles. The zero-order valence-corrected chi connectivity index (χ0v) is 14.1. The van der Waals surface area contributed by atoms with Crippen LogP contribution in [0.15, 0.2) is 24.3 Å². The molecule has 1 rings (SSSR count). The molecule has 5 N–H and O–H groups in total. The highest BCUT2D eigenvalue weighted by atomic mass is 16.5. The Morgan fingerprint density at radius 1 is 0.917 bits per heavy atom. The molecule has 0 amide bonds. The molecule has 0 unspecified atom stereocenters. The summed E-state index contributed by atoms with van der Waals surface area (Å²) in [5.41, 5.74) is 11.0. The van der Waals surface area contributed by atoms with E-state index in [1.54, 1.807) is 12.1 Å². The summed E-state index contributed by atoms with van der Waals surface area (Å²) in [6.07, 6.45) is 8.06. The molecular weight excluding hydrogens is 308 g/mol. The van der Waals surface area contributed by atoms with E-state index in [2.05, 4.69) is 0 Å². The Morgan fingerprint density at radius 2 is 1.46 bits per heavy atom. The van der Waals surface area contributed by atoms with Crippen LogP contribution in [0.1, 0.15) is 72.1 Å². The fourth-order valence-electron chi connectivity index (χ4n) is 2.46. The molecule has 0 bridgehead atoms. The number of hydrogen-bond acceptors (Lipinski definition) is 5. The first-order chi connectivity index (χ1) is 11.5. The first-order valence-electron chi connectivity index (χ1n) is 8.53. The van der Waals surface area contributed by atoms with Crippen molar-refractivity contribution in [3.8, 4) is 0 Å². The Kier molecular flexibility index (Phi) is 9.72. The second kappa shape index (κ2) is 11.6. The van der Waals surface area contributed by atoms with Gasteiger partial charge in [0, 0.05) is 0 Å². The molecule has 0 saturated carbocycles. The van der Waals surface area contributed by atoms with Crippen molar-refractivity contribution in [1.82, 2.24) is 0 Å². The standard InChI is InChI=1S/C18H28N2O4/c19-16(20)12-6-4-2-1-3-5-9-13-24-18(23)15-11-8-7-10-14(15)17(21)22/h7-8,10-11,16H,1-6,9,12-13,19-20H2,(H,21,22). The van der Waals surface area contributed by atoms with Crippen molar-refractivity contribution in [1.29, 1.82) is 0 Å². The lowest BCUT2D eigenvalue weighted by Crippen LogP contribution is -2.29. The third kappa shape index (κ3) is 8.08. The van der Waals surface area contributed by atoms with E-state index in [-0.39, 0.29) is 17.3 Å². The lowest BCUT2D eigenvalue weighted by Gasteiger charge is -2.07. The van der Waals surface area contributed by atoms with Crippen molar-refractivity contribution in [2.75, 3.05) is 6.61 Å². The molecule has 0 atom stereocenters. The molecule has 0 heterocycles. The number of unbranched alkanes of at least 4 members (excludes halogenated alkanes) is 6. The molecule has 24 heavy (non-hydrogen) atoms. The van der Waals surface area contributed by atoms with E-state index in [1.807, 2.05) is 0 Å². The van der Waals surface area contributed by atoms with Crippen molar-refractivity contribution < 1.29 is 19.4 Å². The highest BCUT2D eigenvalue weighted by molar-refractivity contribution is 6.02. The zero-order chi connectivity index (χ0) is 17.8. The van der Waals surface area contributed by atoms with Crippen LogP contribution in [-0.2, 0) is 4.74 Å². The number of carboxylic acid groups (broad SMARTS) is 1. The smallest absolute Gasteiger partial charge is 0.339 e. The minimum Gasteiger partial charge on any atom is -0.478 e. The molecule has 6 nitrogen and oxygen atoms in total. The van der Waals surface area contributed by atoms with Gasteiger partial charge in [-0.15, -0.1) is 0 Å². The van der Waals surface area contributed by atoms with Gasteiger partial charge in [0.25, 0.3) is 0 Å². The lowest BCUT2D eigenvalue weighted by atomic mass is 10.1. The van der Waals surface area contributed by atoms with Gasteiger partial charge in [-0.25, -0.2) is 9.59 Å². The minimum atomic E-state index is -1.13. The van der Waals surface area contributed by atoms with Crippen molar-refractivity contribution in [2.45, 2.75) is 57.5 Å². The molecule has 0 radical (unpaired) electrons. The topological polar surface area (TPSA) is 116 Å². The van der Waals surface area contributed by atoms with E-state index in [0.29, 0.717) is 6.61 Å². The third-order valence-corrected chi connectivity index (χ3v) is 3.79. The minimum absolute atomic E-state index is 0.0281. The predicted molar refractivity (Wildman–Crippen MR) is 92.8 cm³/mol. The number of rotatable bonds is 12. The van der Waals surface area contributed by atoms with Gasteiger partial charge in [0.1, 0.15) is 0 Å². The Morgan fingerprint density at radius 3 is 2.04 bits per heavy atom. The van der Waals surface area contributed by atoms with Crippen LogP contribution in [0.25, 0.3) is 0 Å². The van der Waals surface area contributed by atoms with E-state index in [9.17, 15) is 9.59 Å². The van der Waals surface area contributed by atoms with E-state index in [0.717, 1.165) is 44.9 Å². The van der Waals surface area contributed by atoms with Crippen molar-refractivity contribution in [3.63, 3.8) is 0 Å². The Balaban J connectivity index is 2.11. The SMILES string of the molecule is NC(N)CCCCCCCCCOC(=O)c1ccccc1C(=O)O. The number of carbonyl (C=O) groups excluding carboxylic acids is 1. The van der Waals surface area contributed by atoms with Crippen LogP contribution in [0.4, 0.5) is 0 Å². The highest BCUT2D eigenvalue weighted by Gasteiger charge is 2.16. The number of esters is 1. The van der Waals surface area contributed by atoms with Crippen LogP contribution in [0.2, 0.25) is 0 Å². The Hall–Kier alpha value is -1.92. The van der Waals surface area contributed by atoms with Crippen LogP contribution >= 0.6 is 0 Å². The van der Waals surface area contributed by atoms with Crippen LogP contribution in [-0.4, -0.2) is 29.8 Å². The number of carbonyl (C=O) groups is 2. The second-order valence-electron chi connectivity index (χ2n) is 5.91. The zero-order valence-electron chi connectivity index (χ0n) is 14.1. The molecule has 0 aliphatic rings. The van der Waals surface area contributed by atoms with Crippen molar-refractivity contribution >= 4 is 11.9 Å². The first-order valence-corrected chi connectivity index (χ1v) is 8.53. The van der Waals surface area contributed by atoms with Crippen LogP contribution in [0.3, 0.4) is 0 Å². The molecule has 0 aromatic heterocycles. The molecule has 0 aliphatic carbocycles. The maximum absolute atomic E-state index is 11.9. The second-order valence-corrected chi connectivity index (χ2v) is 5.91. The van der Waals surface area contributed by atoms with E-state index in [1.165, 1.54) is 18.6 Å². The van der Waals surface area contributed by atoms with Gasteiger partial charge in [-0.2, -0.15) is 0 Å². The third-order valence-electron chi connectivity index (χ3n) is 3.79. The quantitative estimate of drug-likeness (QED) is 0.307. The molecular formula is C18H28N2O4. The van der Waals surface area contributed by atoms with Gasteiger partial charge in [-0.05, 0) is 25.0 Å². The fourth-order valence-corrected chi connectivity index (χ4v) is 2.46. The summed E-state index contributed by atoms with van der Waals surface area (Å²) in [6, 6.07) is 6.08. The highest BCUT2D eigenvalue weighted by Crippen LogP contribution is 2.12. The Bertz CT molecular complexity index is 517. The number of carboxylic acids is 1. The van der Waals surface area contributed by atoms with Gasteiger partial charge in [-0.1, -0.05) is 50.7 Å². The van der Waals surface area contributed by atoms with Gasteiger partial charge in [0.05, 0.1) is 23.9 Å². The monoisotopic (exact) mass is 336 g/mol. The average Bonchev–Trinajstić information content (AvgIpc) is 2.56. The van der Waals surface area contributed by atoms with Crippen LogP contribution < -0.4 is 11.5 Å². The normalized spacial score (nSPS) is 10.8. The van der Waals surface area contributed by atoms with Crippen LogP contribution in [0.5, 0.6) is 0 Å². The molecule has 1 aromatic carbocycles. The molecule has 134 valence electrons. The summed E-state index contributed by atoms with van der Waals surface area (Å²) < 4.78 is 5.16. The van der Waals surface area contributed by atoms with Gasteiger partial charge >= 0.3 is 11.9 Å². The van der Waals surface area contributed by atoms with Gasteiger partial charge in [0.15, 0.2) is 0 Å². The summed E-state index contributed by atoms with van der Waals surface area (Å²) >= 11 is 0. The molecule has 0 fully saturated rings. The van der Waals surface area contributed by atoms with E-state index in [4.69, 9.17) is 21.3 Å². The van der Waals surface area contributed by atoms with Gasteiger partial charge in [0.2, 0.25) is 0 Å². The van der Waals surface area contributed by atoms with E-state index < -0.39 is 11.9 Å². The summed E-state index contributed by atoms with van der Waals surface area (Å²) in [6.45, 7) is 0.314. The summed E-state index contributed by atoms with van der Waals surface area (Å²) in [7, 11) is 0. The molecule has 0 spiro atoms. The Labute approximate surface area is 143 Å².